The molecule has 0 fully saturated rings. The fourth-order valence-corrected chi connectivity index (χ4v) is 8.78. The molecule has 3 unspecified atom stereocenters. The van der Waals surface area contributed by atoms with Crippen LogP contribution in [0.4, 0.5) is 26.3 Å². The van der Waals surface area contributed by atoms with Crippen LogP contribution in [-0.4, -0.2) is 107 Å². The zero-order valence-electron chi connectivity index (χ0n) is 34.1. The Hall–Kier alpha value is -5.77. The molecule has 6 rings (SSSR count). The van der Waals surface area contributed by atoms with Crippen molar-refractivity contribution in [2.45, 2.75) is 40.5 Å². The second kappa shape index (κ2) is 23.5. The summed E-state index contributed by atoms with van der Waals surface area (Å²) in [6.07, 6.45) is -2.00. The lowest BCUT2D eigenvalue weighted by Crippen LogP contribution is -2.22. The monoisotopic (exact) mass is 1210 g/mol. The molecule has 0 aliphatic rings. The molecule has 0 radical (unpaired) electrons. The number of aromatic nitrogens is 6. The highest BCUT2D eigenvalue weighted by atomic mass is 79.9. The van der Waals surface area contributed by atoms with Crippen LogP contribution >= 0.6 is 47.8 Å². The molecule has 33 heteroatoms. The average Bonchev–Trinajstić information content (AvgIpc) is 4.07. The Morgan fingerprint density at radius 1 is 0.662 bits per heavy atom. The van der Waals surface area contributed by atoms with Gasteiger partial charge in [0.05, 0.1) is 33.9 Å². The quantitative estimate of drug-likeness (QED) is 0.0399. The molecule has 21 nitrogen and oxygen atoms in total. The van der Waals surface area contributed by atoms with Gasteiger partial charge in [-0.1, -0.05) is 33.7 Å². The van der Waals surface area contributed by atoms with Crippen LogP contribution in [0.5, 0.6) is 0 Å². The fourth-order valence-electron chi connectivity index (χ4n) is 5.04. The van der Waals surface area contributed by atoms with Crippen molar-refractivity contribution in [1.29, 1.82) is 4.78 Å². The minimum absolute atomic E-state index is 0.0200. The predicted molar refractivity (Wildman–Crippen MR) is 234 cm³/mol. The number of rotatable bonds is 12. The van der Waals surface area contributed by atoms with E-state index in [0.717, 1.165) is 18.6 Å². The summed E-state index contributed by atoms with van der Waals surface area (Å²) in [5, 5.41) is 56.4. The van der Waals surface area contributed by atoms with Crippen LogP contribution in [0.3, 0.4) is 0 Å². The van der Waals surface area contributed by atoms with Crippen LogP contribution in [0.25, 0.3) is 0 Å². The summed E-state index contributed by atoms with van der Waals surface area (Å²) in [6, 6.07) is 12.5. The molecule has 3 aromatic heterocycles. The number of hydrogen-bond acceptors (Lipinski definition) is 20. The van der Waals surface area contributed by atoms with Gasteiger partial charge in [0.1, 0.15) is 44.3 Å². The summed E-state index contributed by atoms with van der Waals surface area (Å²) in [5.41, 5.74) is 1.18. The second-order valence-corrected chi connectivity index (χ2v) is 21.3. The fraction of sp³-hybridized carbons (Fsp3) is 0.200. The topological polar surface area (TPSA) is 319 Å². The Morgan fingerprint density at radius 3 is 1.37 bits per heavy atom. The molecule has 6 aromatic rings. The highest BCUT2D eigenvalue weighted by molar-refractivity contribution is 9.11. The van der Waals surface area contributed by atoms with Crippen molar-refractivity contribution in [3.63, 3.8) is 0 Å². The number of nitrogens with zero attached hydrogens (tertiary/aromatic N) is 10. The average molecular weight is 1210 g/mol. The summed E-state index contributed by atoms with van der Waals surface area (Å²) in [4.78, 5) is 11.0. The second-order valence-electron chi connectivity index (χ2n) is 13.2. The molecule has 0 aliphatic heterocycles. The molecule has 0 bridgehead atoms. The van der Waals surface area contributed by atoms with Gasteiger partial charge in [-0.3, -0.25) is 9.00 Å². The summed E-state index contributed by atoms with van der Waals surface area (Å²) < 4.78 is 137. The van der Waals surface area contributed by atoms with Crippen LogP contribution in [0, 0.1) is 22.2 Å². The van der Waals surface area contributed by atoms with Gasteiger partial charge in [-0.15, -0.1) is 4.36 Å². The first-order valence-electron chi connectivity index (χ1n) is 17.6. The number of nitrogens with one attached hydrogen (secondary N) is 1. The van der Waals surface area contributed by atoms with Crippen molar-refractivity contribution in [3.8, 4) is 0 Å². The molecule has 0 saturated heterocycles. The first kappa shape index (κ1) is 54.8. The van der Waals surface area contributed by atoms with E-state index in [9.17, 15) is 49.0 Å². The molecule has 364 valence electrons. The van der Waals surface area contributed by atoms with Gasteiger partial charge in [-0.2, -0.15) is 13.2 Å². The van der Waals surface area contributed by atoms with Crippen molar-refractivity contribution in [3.05, 3.63) is 119 Å². The van der Waals surface area contributed by atoms with E-state index in [1.54, 1.807) is 12.1 Å². The third kappa shape index (κ3) is 14.6. The Balaban J connectivity index is 0.000000226. The van der Waals surface area contributed by atoms with Crippen molar-refractivity contribution in [1.82, 2.24) is 30.9 Å². The minimum atomic E-state index is -5.33. The number of carbonyl (C=O) groups is 1. The first-order valence-corrected chi connectivity index (χ1v) is 25.5. The molecule has 1 amide bonds. The van der Waals surface area contributed by atoms with Gasteiger partial charge in [0, 0.05) is 38.0 Å². The molecule has 68 heavy (non-hydrogen) atoms. The molecular formula is C35H28Br3F6N11O10S3. The molecule has 0 saturated carbocycles. The largest absolute Gasteiger partial charge is 0.474 e. The van der Waals surface area contributed by atoms with Crippen molar-refractivity contribution in [2.24, 2.45) is 19.8 Å². The van der Waals surface area contributed by atoms with E-state index in [1.165, 1.54) is 42.7 Å². The summed E-state index contributed by atoms with van der Waals surface area (Å²) in [7, 11) is -8.62. The smallest absolute Gasteiger partial charge is 0.411 e. The van der Waals surface area contributed by atoms with E-state index in [1.807, 2.05) is 0 Å². The Bertz CT molecular complexity index is 3180. The number of benzene rings is 3. The molecular weight excluding hydrogens is 1180 g/mol. The SMILES string of the molecule is CS(=N)(=O)c1nonc1C(Cc1ccc(F)c(Br)c1)=NO.CS(=O)(=NC(=O)C(F)(F)F)c1nonc1C(Cc1ccc(F)c(Br)c1)=NO.CS(=O)c1nonc1C(Cc1ccc(F)c(Br)c1)=NO. The minimum Gasteiger partial charge on any atom is -0.411 e. The van der Waals surface area contributed by atoms with Crippen LogP contribution in [-0.2, 0) is 54.3 Å². The van der Waals surface area contributed by atoms with Crippen LogP contribution in [0.2, 0.25) is 0 Å². The predicted octanol–water partition coefficient (Wildman–Crippen LogP) is 7.50. The standard InChI is InChI=1S/C13H9BrF4N4O4S.C11H10BrFN4O3S.C11H9BrFN3O3S/c1-27(25,22-12(23)13(16,17)18)11-10(20-26-21-11)9(19-24)5-6-2-3-8(15)7(14)4-6;1-21(14,19)11-10(16-20-17-11)9(15-18)5-6-2-3-8(13)7(12)4-6;1-20(18)11-10(15-19-16-11)9(14-17)5-6-2-3-8(13)7(12)4-6/h2-4,24H,5H2,1H3;2-4,14,18H,5H2,1H3;2-4,17H,5H2,1H3. The molecule has 3 atom stereocenters. The molecule has 0 aliphatic carbocycles. The van der Waals surface area contributed by atoms with Gasteiger partial charge in [0.25, 0.3) is 0 Å². The highest BCUT2D eigenvalue weighted by Gasteiger charge is 2.40. The number of alkyl halides is 3. The normalized spacial score (nSPS) is 14.4. The Morgan fingerprint density at radius 2 is 1.01 bits per heavy atom. The lowest BCUT2D eigenvalue weighted by atomic mass is 10.1. The summed E-state index contributed by atoms with van der Waals surface area (Å²) in [5.74, 6) is -3.94. The van der Waals surface area contributed by atoms with Crippen LogP contribution in [0.1, 0.15) is 33.8 Å². The zero-order chi connectivity index (χ0) is 50.7. The van der Waals surface area contributed by atoms with Gasteiger partial charge in [-0.05, 0) is 132 Å². The molecule has 3 heterocycles. The van der Waals surface area contributed by atoms with Crippen molar-refractivity contribution < 1.29 is 73.3 Å². The maximum Gasteiger partial charge on any atom is 0.474 e. The van der Waals surface area contributed by atoms with Gasteiger partial charge >= 0.3 is 12.1 Å². The molecule has 3 aromatic carbocycles. The van der Waals surface area contributed by atoms with Crippen molar-refractivity contribution >= 4 is 101 Å². The van der Waals surface area contributed by atoms with Crippen molar-refractivity contribution in [2.75, 3.05) is 18.8 Å². The molecule has 4 N–H and O–H groups in total. The maximum absolute atomic E-state index is 13.3. The van der Waals surface area contributed by atoms with Gasteiger partial charge in [-0.25, -0.2) is 40.3 Å². The molecule has 0 spiro atoms. The Kier molecular flexibility index (Phi) is 18.9. The zero-order valence-corrected chi connectivity index (χ0v) is 41.3. The number of amides is 1. The summed E-state index contributed by atoms with van der Waals surface area (Å²) in [6.45, 7) is 0. The van der Waals surface area contributed by atoms with Gasteiger partial charge in [0.15, 0.2) is 17.1 Å². The number of oxime groups is 3. The lowest BCUT2D eigenvalue weighted by Gasteiger charge is -2.06. The van der Waals surface area contributed by atoms with Gasteiger partial charge in [0.2, 0.25) is 15.1 Å². The third-order valence-corrected chi connectivity index (χ3v) is 13.3. The highest BCUT2D eigenvalue weighted by Crippen LogP contribution is 2.25. The van der Waals surface area contributed by atoms with E-state index in [2.05, 4.69) is 112 Å². The first-order chi connectivity index (χ1) is 31.8. The lowest BCUT2D eigenvalue weighted by molar-refractivity contribution is -0.169. The van der Waals surface area contributed by atoms with Gasteiger partial charge < -0.3 is 15.6 Å². The van der Waals surface area contributed by atoms with E-state index < -0.39 is 70.5 Å². The number of halogens is 9. The maximum atomic E-state index is 13.3. The van der Waals surface area contributed by atoms with Crippen LogP contribution in [0.15, 0.2) is 117 Å². The van der Waals surface area contributed by atoms with E-state index in [-0.39, 0.29) is 66.8 Å². The van der Waals surface area contributed by atoms with E-state index >= 15 is 0 Å². The van der Waals surface area contributed by atoms with E-state index in [0.29, 0.717) is 21.2 Å². The number of carbonyl (C=O) groups excluding carboxylic acids is 1. The van der Waals surface area contributed by atoms with E-state index in [4.69, 9.17) is 15.2 Å². The summed E-state index contributed by atoms with van der Waals surface area (Å²) >= 11 is 9.09. The third-order valence-electron chi connectivity index (χ3n) is 8.12. The Labute approximate surface area is 406 Å². The number of hydrogen-bond donors (Lipinski definition) is 4. The van der Waals surface area contributed by atoms with Crippen LogP contribution < -0.4 is 0 Å².